The van der Waals surface area contributed by atoms with Gasteiger partial charge in [-0.3, -0.25) is 0 Å². The molecule has 0 rings (SSSR count). The quantitative estimate of drug-likeness (QED) is 0.320. The lowest BCUT2D eigenvalue weighted by Crippen LogP contribution is -2.17. The molecule has 0 N–H and O–H groups in total. The Kier molecular flexibility index (Phi) is 9.61. The molecule has 0 bridgehead atoms. The van der Waals surface area contributed by atoms with Crippen LogP contribution in [-0.4, -0.2) is 20.0 Å². The van der Waals surface area contributed by atoms with Gasteiger partial charge in [-0.15, -0.1) is 11.6 Å². The number of halogens is 1. The first-order valence-electron chi connectivity index (χ1n) is 6.12. The van der Waals surface area contributed by atoms with E-state index < -0.39 is 14.1 Å². The number of hydrogen-bond donors (Lipinski definition) is 0. The summed E-state index contributed by atoms with van der Waals surface area (Å²) in [6.07, 6.45) is 2.60. The molecule has 0 heterocycles. The minimum absolute atomic E-state index is 0.440. The molecule has 0 saturated heterocycles. The van der Waals surface area contributed by atoms with Crippen molar-refractivity contribution in [3.05, 3.63) is 0 Å². The lowest BCUT2D eigenvalue weighted by atomic mass is 10.3. The fraction of sp³-hybridized carbons (Fsp3) is 1.00. The first kappa shape index (κ1) is 14.8. The van der Waals surface area contributed by atoms with E-state index in [1.54, 1.807) is 0 Å². The summed E-state index contributed by atoms with van der Waals surface area (Å²) in [6.45, 7) is 9.45. The molecule has 0 spiro atoms. The second-order valence-corrected chi connectivity index (χ2v) is 8.94. The molecular weight excluding hydrogens is 207 g/mol. The van der Waals surface area contributed by atoms with Crippen molar-refractivity contribution in [3.8, 4) is 0 Å². The Bertz CT molecular complexity index is 113. The number of unbranched alkanes of at least 4 members (excludes halogenated alkanes) is 1. The third-order valence-electron chi connectivity index (χ3n) is 2.61. The lowest BCUT2D eigenvalue weighted by Gasteiger charge is -2.15. The van der Waals surface area contributed by atoms with Crippen molar-refractivity contribution in [3.63, 3.8) is 0 Å². The zero-order valence-electron chi connectivity index (χ0n) is 10.4. The van der Waals surface area contributed by atoms with Crippen LogP contribution in [0.5, 0.6) is 0 Å². The highest BCUT2D eigenvalue weighted by Gasteiger charge is 2.18. The standard InChI is InChI=1S/C4H8Cl.2C4H9.Al/c1-2-3-4-5;2*1-4(2)3;/h1-4H2;2*4H,1H2,2-3H3;. The van der Waals surface area contributed by atoms with Crippen LogP contribution in [0, 0.1) is 11.8 Å². The second kappa shape index (κ2) is 9.08. The first-order chi connectivity index (χ1) is 6.56. The van der Waals surface area contributed by atoms with E-state index in [0.717, 1.165) is 17.7 Å². The Balaban J connectivity index is 3.72. The molecule has 0 saturated carbocycles. The van der Waals surface area contributed by atoms with E-state index in [1.807, 2.05) is 0 Å². The van der Waals surface area contributed by atoms with Crippen LogP contribution in [-0.2, 0) is 0 Å². The monoisotopic (exact) mass is 232 g/mol. The third kappa shape index (κ3) is 9.38. The summed E-state index contributed by atoms with van der Waals surface area (Å²) in [7, 11) is 0. The normalized spacial score (nSPS) is 11.4. The molecule has 0 aliphatic heterocycles. The van der Waals surface area contributed by atoms with E-state index in [1.165, 1.54) is 28.7 Å². The van der Waals surface area contributed by atoms with Crippen molar-refractivity contribution < 1.29 is 0 Å². The van der Waals surface area contributed by atoms with Gasteiger partial charge in [0.05, 0.1) is 0 Å². The summed E-state index contributed by atoms with van der Waals surface area (Å²) >= 11 is 5.27. The SMILES string of the molecule is CC(C)[CH2][Al]([CH2]CCCCl)[CH2]C(C)C. The molecule has 2 heteroatoms. The average Bonchev–Trinajstić information content (AvgIpc) is 2.02. The molecule has 84 valence electrons. The zero-order valence-corrected chi connectivity index (χ0v) is 12.3. The highest BCUT2D eigenvalue weighted by atomic mass is 35.5. The highest BCUT2D eigenvalue weighted by Crippen LogP contribution is 2.19. The number of rotatable bonds is 8. The van der Waals surface area contributed by atoms with Crippen molar-refractivity contribution in [2.75, 3.05) is 5.88 Å². The largest absolute Gasteiger partial charge is 0.262 e. The van der Waals surface area contributed by atoms with E-state index in [2.05, 4.69) is 27.7 Å². The van der Waals surface area contributed by atoms with Crippen molar-refractivity contribution in [1.29, 1.82) is 0 Å². The van der Waals surface area contributed by atoms with Crippen LogP contribution in [0.3, 0.4) is 0 Å². The van der Waals surface area contributed by atoms with E-state index >= 15 is 0 Å². The van der Waals surface area contributed by atoms with Crippen LogP contribution in [0.2, 0.25) is 15.8 Å². The molecule has 0 nitrogen and oxygen atoms in total. The number of alkyl halides is 1. The van der Waals surface area contributed by atoms with E-state index in [4.69, 9.17) is 11.6 Å². The second-order valence-electron chi connectivity index (χ2n) is 5.31. The van der Waals surface area contributed by atoms with Gasteiger partial charge in [0, 0.05) is 5.88 Å². The predicted molar refractivity (Wildman–Crippen MR) is 69.8 cm³/mol. The molecule has 0 unspecified atom stereocenters. The van der Waals surface area contributed by atoms with E-state index in [-0.39, 0.29) is 0 Å². The number of hydrogen-bond acceptors (Lipinski definition) is 0. The van der Waals surface area contributed by atoms with Gasteiger partial charge in [0.1, 0.15) is 0 Å². The Morgan fingerprint density at radius 2 is 1.43 bits per heavy atom. The van der Waals surface area contributed by atoms with Gasteiger partial charge in [0.25, 0.3) is 14.1 Å². The molecule has 0 amide bonds. The van der Waals surface area contributed by atoms with Gasteiger partial charge in [0.15, 0.2) is 0 Å². The Labute approximate surface area is 99.8 Å². The average molecular weight is 233 g/mol. The van der Waals surface area contributed by atoms with Gasteiger partial charge in [0.2, 0.25) is 0 Å². The van der Waals surface area contributed by atoms with E-state index in [0.29, 0.717) is 0 Å². The molecule has 0 aromatic rings. The minimum Gasteiger partial charge on any atom is -0.127 e. The summed E-state index contributed by atoms with van der Waals surface area (Å²) in [6, 6.07) is 0. The van der Waals surface area contributed by atoms with Crippen LogP contribution in [0.1, 0.15) is 40.5 Å². The Morgan fingerprint density at radius 1 is 0.929 bits per heavy atom. The van der Waals surface area contributed by atoms with Gasteiger partial charge >= 0.3 is 0 Å². The van der Waals surface area contributed by atoms with Gasteiger partial charge in [-0.1, -0.05) is 61.8 Å². The highest BCUT2D eigenvalue weighted by molar-refractivity contribution is 6.58. The van der Waals surface area contributed by atoms with Crippen LogP contribution in [0.4, 0.5) is 0 Å². The summed E-state index contributed by atoms with van der Waals surface area (Å²) in [5.74, 6) is 2.66. The van der Waals surface area contributed by atoms with Gasteiger partial charge in [-0.2, -0.15) is 0 Å². The van der Waals surface area contributed by atoms with E-state index in [9.17, 15) is 0 Å². The Morgan fingerprint density at radius 3 is 1.79 bits per heavy atom. The fourth-order valence-electron chi connectivity index (χ4n) is 2.19. The maximum Gasteiger partial charge on any atom is 0.262 e. The summed E-state index contributed by atoms with van der Waals surface area (Å²) < 4.78 is 0. The molecule has 0 aromatic heterocycles. The van der Waals surface area contributed by atoms with Crippen LogP contribution < -0.4 is 0 Å². The fourth-order valence-corrected chi connectivity index (χ4v) is 6.58. The molecule has 0 aliphatic carbocycles. The maximum absolute atomic E-state index is 5.71. The minimum atomic E-state index is -0.440. The molecule has 0 aliphatic rings. The van der Waals surface area contributed by atoms with Gasteiger partial charge in [-0.05, 0) is 6.42 Å². The molecule has 0 fully saturated rings. The smallest absolute Gasteiger partial charge is 0.127 e. The summed E-state index contributed by atoms with van der Waals surface area (Å²) in [5.41, 5.74) is 0. The van der Waals surface area contributed by atoms with Gasteiger partial charge < -0.3 is 0 Å². The van der Waals surface area contributed by atoms with Crippen molar-refractivity contribution in [1.82, 2.24) is 0 Å². The van der Waals surface area contributed by atoms with Crippen molar-refractivity contribution in [2.24, 2.45) is 11.8 Å². The van der Waals surface area contributed by atoms with Crippen molar-refractivity contribution in [2.45, 2.75) is 56.4 Å². The zero-order chi connectivity index (χ0) is 11.0. The molecule has 0 aromatic carbocycles. The van der Waals surface area contributed by atoms with Crippen molar-refractivity contribution >= 4 is 25.7 Å². The summed E-state index contributed by atoms with van der Waals surface area (Å²) in [4.78, 5) is 0. The van der Waals surface area contributed by atoms with Crippen LogP contribution in [0.15, 0.2) is 0 Å². The molecule has 14 heavy (non-hydrogen) atoms. The maximum atomic E-state index is 5.71. The third-order valence-corrected chi connectivity index (χ3v) is 7.32. The predicted octanol–water partition coefficient (Wildman–Crippen LogP) is 4.81. The molecule has 0 radical (unpaired) electrons. The Hall–Kier alpha value is 0.822. The van der Waals surface area contributed by atoms with Crippen LogP contribution in [0.25, 0.3) is 0 Å². The van der Waals surface area contributed by atoms with Gasteiger partial charge in [-0.25, -0.2) is 0 Å². The first-order valence-corrected chi connectivity index (χ1v) is 9.10. The summed E-state index contributed by atoms with van der Waals surface area (Å²) in [5, 5.41) is 4.57. The molecule has 0 atom stereocenters. The topological polar surface area (TPSA) is 0 Å². The van der Waals surface area contributed by atoms with Crippen LogP contribution >= 0.6 is 11.6 Å². The lowest BCUT2D eigenvalue weighted by molar-refractivity contribution is 0.682. The molecular formula is C12H26AlCl.